The zero-order chi connectivity index (χ0) is 12.5. The van der Waals surface area contributed by atoms with Crippen molar-refractivity contribution in [3.05, 3.63) is 0 Å². The Labute approximate surface area is 107 Å². The molecule has 0 radical (unpaired) electrons. The maximum absolute atomic E-state index is 9.71. The highest BCUT2D eigenvalue weighted by molar-refractivity contribution is 4.82. The lowest BCUT2D eigenvalue weighted by Crippen LogP contribution is -2.45. The molecule has 0 unspecified atom stereocenters. The van der Waals surface area contributed by atoms with Crippen LogP contribution in [0.3, 0.4) is 0 Å². The molecule has 1 fully saturated rings. The van der Waals surface area contributed by atoms with Gasteiger partial charge in [-0.25, -0.2) is 0 Å². The van der Waals surface area contributed by atoms with Gasteiger partial charge in [0.1, 0.15) is 0 Å². The van der Waals surface area contributed by atoms with E-state index >= 15 is 0 Å². The fourth-order valence-corrected chi connectivity index (χ4v) is 2.92. The van der Waals surface area contributed by atoms with Crippen LogP contribution in [-0.2, 0) is 0 Å². The van der Waals surface area contributed by atoms with Crippen LogP contribution in [-0.4, -0.2) is 23.3 Å². The van der Waals surface area contributed by atoms with Crippen LogP contribution < -0.4 is 5.32 Å². The molecule has 2 heteroatoms. The number of hydrogen-bond donors (Lipinski definition) is 2. The molecule has 3 atom stereocenters. The Morgan fingerprint density at radius 1 is 1.00 bits per heavy atom. The maximum Gasteiger partial charge on any atom is 0.0569 e. The summed E-state index contributed by atoms with van der Waals surface area (Å²) < 4.78 is 0. The van der Waals surface area contributed by atoms with Gasteiger partial charge in [-0.1, -0.05) is 51.9 Å². The standard InChI is InChI=1S/C15H31NO/c1-3-4-5-6-7-8-9-10-14-12-15(17)11-13(2)16-14/h13-17H,3-12H2,1-2H3/t13-,14-,15+/m1/s1. The monoisotopic (exact) mass is 241 g/mol. The molecule has 0 aromatic heterocycles. The third kappa shape index (κ3) is 7.05. The average molecular weight is 241 g/mol. The molecule has 17 heavy (non-hydrogen) atoms. The predicted molar refractivity (Wildman–Crippen MR) is 74.2 cm³/mol. The first kappa shape index (κ1) is 15.0. The van der Waals surface area contributed by atoms with Crippen LogP contribution in [0.15, 0.2) is 0 Å². The number of aliphatic hydroxyl groups excluding tert-OH is 1. The topological polar surface area (TPSA) is 32.3 Å². The van der Waals surface area contributed by atoms with Crippen LogP contribution in [0.5, 0.6) is 0 Å². The number of hydrogen-bond acceptors (Lipinski definition) is 2. The second-order valence-electron chi connectivity index (χ2n) is 5.80. The minimum absolute atomic E-state index is 0.0687. The quantitative estimate of drug-likeness (QED) is 0.636. The van der Waals surface area contributed by atoms with Gasteiger partial charge in [-0.15, -0.1) is 0 Å². The fourth-order valence-electron chi connectivity index (χ4n) is 2.92. The Morgan fingerprint density at radius 2 is 1.65 bits per heavy atom. The smallest absolute Gasteiger partial charge is 0.0569 e. The van der Waals surface area contributed by atoms with Crippen molar-refractivity contribution in [3.63, 3.8) is 0 Å². The summed E-state index contributed by atoms with van der Waals surface area (Å²) >= 11 is 0. The number of piperidine rings is 1. The van der Waals surface area contributed by atoms with Crippen LogP contribution in [0, 0.1) is 0 Å². The first-order valence-electron chi connectivity index (χ1n) is 7.66. The number of nitrogens with one attached hydrogen (secondary N) is 1. The van der Waals surface area contributed by atoms with E-state index in [1.165, 1.54) is 51.4 Å². The van der Waals surface area contributed by atoms with E-state index in [1.807, 2.05) is 0 Å². The third-order valence-electron chi connectivity index (χ3n) is 3.86. The minimum atomic E-state index is -0.0687. The summed E-state index contributed by atoms with van der Waals surface area (Å²) in [7, 11) is 0. The summed E-state index contributed by atoms with van der Waals surface area (Å²) in [6, 6.07) is 1.05. The molecular formula is C15H31NO. The molecule has 0 bridgehead atoms. The van der Waals surface area contributed by atoms with E-state index in [0.717, 1.165) is 12.8 Å². The van der Waals surface area contributed by atoms with Gasteiger partial charge >= 0.3 is 0 Å². The van der Waals surface area contributed by atoms with E-state index in [1.54, 1.807) is 0 Å². The van der Waals surface area contributed by atoms with Gasteiger partial charge in [0.2, 0.25) is 0 Å². The van der Waals surface area contributed by atoms with Gasteiger partial charge < -0.3 is 10.4 Å². The zero-order valence-corrected chi connectivity index (χ0v) is 11.8. The fraction of sp³-hybridized carbons (Fsp3) is 1.00. The summed E-state index contributed by atoms with van der Waals surface area (Å²) in [5, 5.41) is 13.3. The molecule has 0 saturated carbocycles. The molecule has 1 aliphatic rings. The summed E-state index contributed by atoms with van der Waals surface area (Å²) in [4.78, 5) is 0. The molecule has 0 spiro atoms. The molecule has 1 aliphatic heterocycles. The van der Waals surface area contributed by atoms with Gasteiger partial charge in [-0.05, 0) is 26.2 Å². The molecule has 2 nitrogen and oxygen atoms in total. The Kier molecular flexibility index (Phi) is 7.87. The van der Waals surface area contributed by atoms with Crippen molar-refractivity contribution in [2.75, 3.05) is 0 Å². The van der Waals surface area contributed by atoms with Crippen LogP contribution in [0.1, 0.15) is 78.1 Å². The van der Waals surface area contributed by atoms with Gasteiger partial charge in [0.15, 0.2) is 0 Å². The number of rotatable bonds is 8. The Balaban J connectivity index is 1.95. The van der Waals surface area contributed by atoms with Crippen molar-refractivity contribution < 1.29 is 5.11 Å². The van der Waals surface area contributed by atoms with E-state index in [-0.39, 0.29) is 6.10 Å². The van der Waals surface area contributed by atoms with E-state index in [2.05, 4.69) is 19.2 Å². The lowest BCUT2D eigenvalue weighted by molar-refractivity contribution is 0.0946. The first-order chi connectivity index (χ1) is 8.22. The van der Waals surface area contributed by atoms with Crippen molar-refractivity contribution in [1.29, 1.82) is 0 Å². The van der Waals surface area contributed by atoms with Crippen molar-refractivity contribution in [3.8, 4) is 0 Å². The molecule has 0 aliphatic carbocycles. The molecule has 102 valence electrons. The highest BCUT2D eigenvalue weighted by Crippen LogP contribution is 2.18. The molecule has 1 heterocycles. The van der Waals surface area contributed by atoms with Crippen LogP contribution in [0.25, 0.3) is 0 Å². The number of unbranched alkanes of at least 4 members (excludes halogenated alkanes) is 6. The summed E-state index contributed by atoms with van der Waals surface area (Å²) in [5.74, 6) is 0. The second-order valence-corrected chi connectivity index (χ2v) is 5.80. The zero-order valence-electron chi connectivity index (χ0n) is 11.8. The van der Waals surface area contributed by atoms with Gasteiger partial charge in [0, 0.05) is 12.1 Å². The largest absolute Gasteiger partial charge is 0.393 e. The molecule has 0 amide bonds. The normalized spacial score (nSPS) is 29.5. The summed E-state index contributed by atoms with van der Waals surface area (Å²) in [5.41, 5.74) is 0. The highest BCUT2D eigenvalue weighted by atomic mass is 16.3. The lowest BCUT2D eigenvalue weighted by Gasteiger charge is -2.32. The molecule has 1 rings (SSSR count). The minimum Gasteiger partial charge on any atom is -0.393 e. The highest BCUT2D eigenvalue weighted by Gasteiger charge is 2.23. The van der Waals surface area contributed by atoms with Crippen molar-refractivity contribution in [2.45, 2.75) is 96.2 Å². The molecule has 0 aromatic carbocycles. The maximum atomic E-state index is 9.71. The van der Waals surface area contributed by atoms with Crippen LogP contribution >= 0.6 is 0 Å². The molecule has 0 aromatic rings. The lowest BCUT2D eigenvalue weighted by atomic mass is 9.93. The first-order valence-corrected chi connectivity index (χ1v) is 7.66. The van der Waals surface area contributed by atoms with Gasteiger partial charge in [0.05, 0.1) is 6.10 Å². The van der Waals surface area contributed by atoms with Crippen LogP contribution in [0.2, 0.25) is 0 Å². The summed E-state index contributed by atoms with van der Waals surface area (Å²) in [6.45, 7) is 4.45. The Hall–Kier alpha value is -0.0800. The molecule has 1 saturated heterocycles. The summed E-state index contributed by atoms with van der Waals surface area (Å²) in [6.07, 6.45) is 12.7. The molecular weight excluding hydrogens is 210 g/mol. The third-order valence-corrected chi connectivity index (χ3v) is 3.86. The average Bonchev–Trinajstić information content (AvgIpc) is 2.26. The van der Waals surface area contributed by atoms with E-state index in [4.69, 9.17) is 0 Å². The van der Waals surface area contributed by atoms with E-state index < -0.39 is 0 Å². The SMILES string of the molecule is CCCCCCCCC[C@@H]1C[C@@H](O)C[C@@H](C)N1. The second kappa shape index (κ2) is 8.93. The Morgan fingerprint density at radius 3 is 2.29 bits per heavy atom. The Bertz CT molecular complexity index is 174. The van der Waals surface area contributed by atoms with E-state index in [9.17, 15) is 5.11 Å². The predicted octanol–water partition coefficient (Wildman–Crippen LogP) is 3.63. The van der Waals surface area contributed by atoms with Crippen LogP contribution in [0.4, 0.5) is 0 Å². The van der Waals surface area contributed by atoms with Crippen molar-refractivity contribution in [2.24, 2.45) is 0 Å². The van der Waals surface area contributed by atoms with Crippen molar-refractivity contribution in [1.82, 2.24) is 5.32 Å². The number of aliphatic hydroxyl groups is 1. The van der Waals surface area contributed by atoms with Gasteiger partial charge in [-0.3, -0.25) is 0 Å². The van der Waals surface area contributed by atoms with E-state index in [0.29, 0.717) is 12.1 Å². The van der Waals surface area contributed by atoms with Crippen molar-refractivity contribution >= 4 is 0 Å². The van der Waals surface area contributed by atoms with Gasteiger partial charge in [-0.2, -0.15) is 0 Å². The molecule has 2 N–H and O–H groups in total. The van der Waals surface area contributed by atoms with Gasteiger partial charge in [0.25, 0.3) is 0 Å².